The number of aromatic nitrogens is 1. The van der Waals surface area contributed by atoms with Gasteiger partial charge in [0.25, 0.3) is 0 Å². The summed E-state index contributed by atoms with van der Waals surface area (Å²) in [7, 11) is 0. The first-order valence-corrected chi connectivity index (χ1v) is 10.3. The number of piperidine rings is 1. The predicted octanol–water partition coefficient (Wildman–Crippen LogP) is 4.39. The van der Waals surface area contributed by atoms with Crippen LogP contribution in [0.15, 0.2) is 29.6 Å². The standard InChI is InChI=1S/C22H27N3OS/c1-5-12-25-13-10-17(11-14-25)20(26)24-21-23-19(15-27-21)16-6-8-18(9-7-16)22(2,3)4/h1,6-9,15,17H,10-14H2,2-4H3,(H,23,24,26). The van der Waals surface area contributed by atoms with E-state index in [1.807, 2.05) is 5.38 Å². The fourth-order valence-electron chi connectivity index (χ4n) is 3.29. The van der Waals surface area contributed by atoms with Gasteiger partial charge in [-0.25, -0.2) is 4.98 Å². The number of carbonyl (C=O) groups is 1. The van der Waals surface area contributed by atoms with Gasteiger partial charge in [-0.3, -0.25) is 9.69 Å². The van der Waals surface area contributed by atoms with Crippen LogP contribution in [-0.4, -0.2) is 35.4 Å². The summed E-state index contributed by atoms with van der Waals surface area (Å²) in [6.45, 7) is 9.04. The number of amides is 1. The van der Waals surface area contributed by atoms with E-state index in [0.29, 0.717) is 11.7 Å². The van der Waals surface area contributed by atoms with Gasteiger partial charge < -0.3 is 5.32 Å². The largest absolute Gasteiger partial charge is 0.302 e. The van der Waals surface area contributed by atoms with Crippen LogP contribution in [0.4, 0.5) is 5.13 Å². The Balaban J connectivity index is 1.60. The van der Waals surface area contributed by atoms with Crippen molar-refractivity contribution in [2.75, 3.05) is 25.0 Å². The molecule has 1 amide bonds. The minimum absolute atomic E-state index is 0.0393. The van der Waals surface area contributed by atoms with Crippen LogP contribution in [-0.2, 0) is 10.2 Å². The lowest BCUT2D eigenvalue weighted by molar-refractivity contribution is -0.121. The van der Waals surface area contributed by atoms with Gasteiger partial charge in [0.05, 0.1) is 12.2 Å². The molecule has 0 unspecified atom stereocenters. The SMILES string of the molecule is C#CCN1CCC(C(=O)Nc2nc(-c3ccc(C(C)(C)C)cc3)cs2)CC1. The summed E-state index contributed by atoms with van der Waals surface area (Å²) in [5.41, 5.74) is 3.41. The number of hydrogen-bond acceptors (Lipinski definition) is 4. The first-order chi connectivity index (χ1) is 12.9. The van der Waals surface area contributed by atoms with Crippen molar-refractivity contribution >= 4 is 22.4 Å². The first kappa shape index (κ1) is 19.6. The predicted molar refractivity (Wildman–Crippen MR) is 113 cm³/mol. The second-order valence-corrected chi connectivity index (χ2v) is 8.97. The van der Waals surface area contributed by atoms with Crippen molar-refractivity contribution in [2.24, 2.45) is 5.92 Å². The molecule has 1 N–H and O–H groups in total. The van der Waals surface area contributed by atoms with Crippen LogP contribution in [0.3, 0.4) is 0 Å². The number of terminal acetylenes is 1. The number of rotatable bonds is 4. The minimum Gasteiger partial charge on any atom is -0.302 e. The third kappa shape index (κ3) is 4.97. The lowest BCUT2D eigenvalue weighted by Crippen LogP contribution is -2.38. The van der Waals surface area contributed by atoms with Crippen molar-refractivity contribution < 1.29 is 4.79 Å². The van der Waals surface area contributed by atoms with Gasteiger partial charge in [0.2, 0.25) is 5.91 Å². The van der Waals surface area contributed by atoms with Gasteiger partial charge in [-0.2, -0.15) is 0 Å². The van der Waals surface area contributed by atoms with Crippen molar-refractivity contribution in [3.8, 4) is 23.6 Å². The van der Waals surface area contributed by atoms with Crippen molar-refractivity contribution in [2.45, 2.75) is 39.0 Å². The maximum atomic E-state index is 12.5. The third-order valence-corrected chi connectivity index (χ3v) is 5.81. The molecule has 4 nitrogen and oxygen atoms in total. The average molecular weight is 382 g/mol. The quantitative estimate of drug-likeness (QED) is 0.799. The van der Waals surface area contributed by atoms with Crippen molar-refractivity contribution in [3.63, 3.8) is 0 Å². The molecule has 0 saturated carbocycles. The van der Waals surface area contributed by atoms with E-state index in [9.17, 15) is 4.79 Å². The van der Waals surface area contributed by atoms with Gasteiger partial charge in [0, 0.05) is 16.9 Å². The van der Waals surface area contributed by atoms with Gasteiger partial charge >= 0.3 is 0 Å². The molecule has 2 heterocycles. The van der Waals surface area contributed by atoms with Gasteiger partial charge in [0.15, 0.2) is 5.13 Å². The van der Waals surface area contributed by atoms with Gasteiger partial charge in [-0.05, 0) is 36.9 Å². The molecule has 1 fully saturated rings. The van der Waals surface area contributed by atoms with Crippen LogP contribution < -0.4 is 5.32 Å². The summed E-state index contributed by atoms with van der Waals surface area (Å²) in [4.78, 5) is 19.3. The Kier molecular flexibility index (Phi) is 5.98. The molecule has 1 aromatic carbocycles. The lowest BCUT2D eigenvalue weighted by atomic mass is 9.86. The topological polar surface area (TPSA) is 45.2 Å². The Morgan fingerprint density at radius 2 is 1.96 bits per heavy atom. The van der Waals surface area contributed by atoms with Crippen LogP contribution in [0.5, 0.6) is 0 Å². The summed E-state index contributed by atoms with van der Waals surface area (Å²) in [6.07, 6.45) is 7.05. The number of nitrogens with zero attached hydrogens (tertiary/aromatic N) is 2. The van der Waals surface area contributed by atoms with Gasteiger partial charge in [0.1, 0.15) is 0 Å². The molecule has 0 spiro atoms. The molecule has 3 rings (SSSR count). The second kappa shape index (κ2) is 8.24. The smallest absolute Gasteiger partial charge is 0.229 e. The molecule has 0 radical (unpaired) electrons. The molecule has 0 atom stereocenters. The summed E-state index contributed by atoms with van der Waals surface area (Å²) >= 11 is 1.48. The fourth-order valence-corrected chi connectivity index (χ4v) is 4.02. The van der Waals surface area contributed by atoms with Crippen LogP contribution in [0, 0.1) is 18.3 Å². The number of hydrogen-bond donors (Lipinski definition) is 1. The normalized spacial score (nSPS) is 16.1. The van der Waals surface area contributed by atoms with E-state index in [4.69, 9.17) is 6.42 Å². The highest BCUT2D eigenvalue weighted by atomic mass is 32.1. The summed E-state index contributed by atoms with van der Waals surface area (Å²) in [6, 6.07) is 8.50. The fraction of sp³-hybridized carbons (Fsp3) is 0.455. The Morgan fingerprint density at radius 1 is 1.30 bits per heavy atom. The van der Waals surface area contributed by atoms with Crippen LogP contribution in [0.1, 0.15) is 39.2 Å². The molecular formula is C22H27N3OS. The molecule has 1 aliphatic heterocycles. The zero-order chi connectivity index (χ0) is 19.4. The molecule has 0 bridgehead atoms. The highest BCUT2D eigenvalue weighted by Crippen LogP contribution is 2.29. The van der Waals surface area contributed by atoms with E-state index in [0.717, 1.165) is 37.2 Å². The van der Waals surface area contributed by atoms with Crippen LogP contribution in [0.2, 0.25) is 0 Å². The van der Waals surface area contributed by atoms with Gasteiger partial charge in [-0.15, -0.1) is 17.8 Å². The Labute approximate surface area is 166 Å². The maximum Gasteiger partial charge on any atom is 0.229 e. The number of anilines is 1. The Hall–Kier alpha value is -2.16. The van der Waals surface area contributed by atoms with E-state index >= 15 is 0 Å². The zero-order valence-electron chi connectivity index (χ0n) is 16.3. The molecule has 1 aromatic heterocycles. The van der Waals surface area contributed by atoms with Gasteiger partial charge in [-0.1, -0.05) is 51.0 Å². The number of likely N-dealkylation sites (tertiary alicyclic amines) is 1. The van der Waals surface area contributed by atoms with Crippen LogP contribution in [0.25, 0.3) is 11.3 Å². The molecule has 1 saturated heterocycles. The maximum absolute atomic E-state index is 12.5. The number of thiazole rings is 1. The van der Waals surface area contributed by atoms with Crippen molar-refractivity contribution in [1.29, 1.82) is 0 Å². The summed E-state index contributed by atoms with van der Waals surface area (Å²) in [5.74, 6) is 2.78. The van der Waals surface area contributed by atoms with Crippen LogP contribution >= 0.6 is 11.3 Å². The third-order valence-electron chi connectivity index (χ3n) is 5.05. The lowest BCUT2D eigenvalue weighted by Gasteiger charge is -2.29. The molecule has 0 aliphatic carbocycles. The molecule has 142 valence electrons. The number of carbonyl (C=O) groups excluding carboxylic acids is 1. The summed E-state index contributed by atoms with van der Waals surface area (Å²) < 4.78 is 0. The van der Waals surface area contributed by atoms with Crippen molar-refractivity contribution in [1.82, 2.24) is 9.88 Å². The number of benzene rings is 1. The van der Waals surface area contributed by atoms with E-state index in [2.05, 4.69) is 66.2 Å². The van der Waals surface area contributed by atoms with Crippen molar-refractivity contribution in [3.05, 3.63) is 35.2 Å². The zero-order valence-corrected chi connectivity index (χ0v) is 17.1. The van der Waals surface area contributed by atoms with E-state index in [-0.39, 0.29) is 17.2 Å². The number of nitrogens with one attached hydrogen (secondary N) is 1. The first-order valence-electron chi connectivity index (χ1n) is 9.40. The average Bonchev–Trinajstić information content (AvgIpc) is 3.10. The molecule has 5 heteroatoms. The van der Waals surface area contributed by atoms with E-state index < -0.39 is 0 Å². The highest BCUT2D eigenvalue weighted by Gasteiger charge is 2.25. The summed E-state index contributed by atoms with van der Waals surface area (Å²) in [5, 5.41) is 5.66. The van der Waals surface area contributed by atoms with E-state index in [1.165, 1.54) is 16.9 Å². The van der Waals surface area contributed by atoms with E-state index in [1.54, 1.807) is 0 Å². The monoisotopic (exact) mass is 381 g/mol. The minimum atomic E-state index is 0.0393. The highest BCUT2D eigenvalue weighted by molar-refractivity contribution is 7.14. The Bertz CT molecular complexity index is 818. The Morgan fingerprint density at radius 3 is 2.56 bits per heavy atom. The molecule has 27 heavy (non-hydrogen) atoms. The molecule has 1 aliphatic rings. The molecule has 2 aromatic rings. The second-order valence-electron chi connectivity index (χ2n) is 8.11. The molecular weight excluding hydrogens is 354 g/mol.